The molecule has 0 atom stereocenters. The minimum absolute atomic E-state index is 1.24. The Labute approximate surface area is 87.2 Å². The highest BCUT2D eigenvalue weighted by Gasteiger charge is 2.11. The lowest BCUT2D eigenvalue weighted by Gasteiger charge is -1.94. The molecule has 2 heterocycles. The first-order valence-corrected chi connectivity index (χ1v) is 6.39. The Kier molecular flexibility index (Phi) is 2.43. The van der Waals surface area contributed by atoms with E-state index in [0.717, 1.165) is 0 Å². The molecule has 0 radical (unpaired) electrons. The van der Waals surface area contributed by atoms with Crippen LogP contribution in [0.15, 0.2) is 5.38 Å². The zero-order chi connectivity index (χ0) is 9.42. The normalized spacial score (nSPS) is 11.3. The topological polar surface area (TPSA) is 0 Å². The van der Waals surface area contributed by atoms with Crippen LogP contribution in [-0.4, -0.2) is 0 Å². The van der Waals surface area contributed by atoms with Gasteiger partial charge < -0.3 is 0 Å². The first kappa shape index (κ1) is 9.22. The Morgan fingerprint density at radius 1 is 1.23 bits per heavy atom. The molecule has 0 aliphatic rings. The Morgan fingerprint density at radius 3 is 2.69 bits per heavy atom. The molecule has 0 N–H and O–H groups in total. The second kappa shape index (κ2) is 3.43. The summed E-state index contributed by atoms with van der Waals surface area (Å²) in [6.07, 6.45) is 2.50. The van der Waals surface area contributed by atoms with Gasteiger partial charge in [0.2, 0.25) is 0 Å². The van der Waals surface area contributed by atoms with Crippen LogP contribution in [0.5, 0.6) is 0 Å². The smallest absolute Gasteiger partial charge is 0.0488 e. The molecule has 2 aromatic heterocycles. The summed E-state index contributed by atoms with van der Waals surface area (Å²) >= 11 is 3.87. The molecule has 0 amide bonds. The highest BCUT2D eigenvalue weighted by molar-refractivity contribution is 7.27. The minimum Gasteiger partial charge on any atom is -0.142 e. The molecule has 0 unspecified atom stereocenters. The maximum atomic E-state index is 2.28. The molecule has 2 aromatic rings. The van der Waals surface area contributed by atoms with Gasteiger partial charge >= 0.3 is 0 Å². The number of thiophene rings is 2. The van der Waals surface area contributed by atoms with E-state index in [1.807, 2.05) is 22.7 Å². The van der Waals surface area contributed by atoms with Crippen LogP contribution in [0.1, 0.15) is 29.3 Å². The molecule has 13 heavy (non-hydrogen) atoms. The molecule has 70 valence electrons. The number of fused-ring (bicyclic) bond motifs is 1. The molecule has 0 saturated heterocycles. The molecule has 2 heteroatoms. The van der Waals surface area contributed by atoms with E-state index in [-0.39, 0.29) is 0 Å². The van der Waals surface area contributed by atoms with Crippen molar-refractivity contribution in [2.75, 3.05) is 0 Å². The average molecular weight is 210 g/mol. The van der Waals surface area contributed by atoms with Crippen molar-refractivity contribution in [2.24, 2.45) is 0 Å². The minimum atomic E-state index is 1.24. The van der Waals surface area contributed by atoms with Crippen LogP contribution in [0.2, 0.25) is 0 Å². The quantitative estimate of drug-likeness (QED) is 0.683. The van der Waals surface area contributed by atoms with Crippen LogP contribution in [0, 0.1) is 13.8 Å². The molecular formula is C11H14S2. The number of rotatable bonds is 2. The predicted molar refractivity (Wildman–Crippen MR) is 63.2 cm³/mol. The van der Waals surface area contributed by atoms with Crippen LogP contribution in [-0.2, 0) is 6.42 Å². The van der Waals surface area contributed by atoms with Crippen molar-refractivity contribution in [1.82, 2.24) is 0 Å². The molecule has 0 aliphatic heterocycles. The standard InChI is InChI=1S/C11H14S2/c1-4-5-9-8(3)13-10-7(2)6-12-11(9)10/h6H,4-5H2,1-3H3. The zero-order valence-corrected chi connectivity index (χ0v) is 9.94. The number of hydrogen-bond acceptors (Lipinski definition) is 2. The fraction of sp³-hybridized carbons (Fsp3) is 0.455. The van der Waals surface area contributed by atoms with Gasteiger partial charge in [0.05, 0.1) is 0 Å². The molecule has 2 rings (SSSR count). The second-order valence-electron chi connectivity index (χ2n) is 3.46. The third-order valence-corrected chi connectivity index (χ3v) is 4.94. The largest absolute Gasteiger partial charge is 0.142 e. The van der Waals surface area contributed by atoms with Gasteiger partial charge in [-0.25, -0.2) is 0 Å². The third-order valence-electron chi connectivity index (χ3n) is 2.37. The van der Waals surface area contributed by atoms with Gasteiger partial charge in [-0.1, -0.05) is 13.3 Å². The van der Waals surface area contributed by atoms with Gasteiger partial charge in [0.1, 0.15) is 0 Å². The van der Waals surface area contributed by atoms with Gasteiger partial charge in [-0.15, -0.1) is 22.7 Å². The summed E-state index contributed by atoms with van der Waals surface area (Å²) in [6, 6.07) is 0. The fourth-order valence-corrected chi connectivity index (χ4v) is 4.24. The summed E-state index contributed by atoms with van der Waals surface area (Å²) in [5.41, 5.74) is 3.05. The summed E-state index contributed by atoms with van der Waals surface area (Å²) in [6.45, 7) is 6.72. The number of hydrogen-bond donors (Lipinski definition) is 0. The highest BCUT2D eigenvalue weighted by Crippen LogP contribution is 2.38. The van der Waals surface area contributed by atoms with Crippen LogP contribution in [0.25, 0.3) is 9.40 Å². The van der Waals surface area contributed by atoms with Gasteiger partial charge in [0.25, 0.3) is 0 Å². The maximum absolute atomic E-state index is 2.28. The van der Waals surface area contributed by atoms with Crippen molar-refractivity contribution in [3.8, 4) is 0 Å². The first-order chi connectivity index (χ1) is 6.24. The van der Waals surface area contributed by atoms with Crippen molar-refractivity contribution in [2.45, 2.75) is 33.6 Å². The fourth-order valence-electron chi connectivity index (χ4n) is 1.68. The lowest BCUT2D eigenvalue weighted by molar-refractivity contribution is 0.928. The Balaban J connectivity index is 2.64. The molecule has 0 bridgehead atoms. The molecule has 0 fully saturated rings. The average Bonchev–Trinajstić information content (AvgIpc) is 2.58. The van der Waals surface area contributed by atoms with E-state index in [4.69, 9.17) is 0 Å². The Morgan fingerprint density at radius 2 is 2.00 bits per heavy atom. The first-order valence-electron chi connectivity index (χ1n) is 4.70. The van der Waals surface area contributed by atoms with Gasteiger partial charge in [-0.3, -0.25) is 0 Å². The molecule has 0 aromatic carbocycles. The van der Waals surface area contributed by atoms with Gasteiger partial charge in [0, 0.05) is 14.3 Å². The Bertz CT molecular complexity index is 420. The summed E-state index contributed by atoms with van der Waals surface area (Å²) in [5, 5.41) is 2.28. The van der Waals surface area contributed by atoms with Crippen molar-refractivity contribution in [3.05, 3.63) is 21.4 Å². The second-order valence-corrected chi connectivity index (χ2v) is 5.57. The third kappa shape index (κ3) is 1.42. The van der Waals surface area contributed by atoms with Crippen molar-refractivity contribution in [3.63, 3.8) is 0 Å². The van der Waals surface area contributed by atoms with Crippen molar-refractivity contribution < 1.29 is 0 Å². The SMILES string of the molecule is CCCc1c(C)sc2c(C)csc12. The molecule has 0 nitrogen and oxygen atoms in total. The van der Waals surface area contributed by atoms with Gasteiger partial charge in [-0.05, 0) is 36.8 Å². The summed E-state index contributed by atoms with van der Waals surface area (Å²) in [5.74, 6) is 0. The molecule has 0 spiro atoms. The van der Waals surface area contributed by atoms with Crippen molar-refractivity contribution in [1.29, 1.82) is 0 Å². The van der Waals surface area contributed by atoms with E-state index in [1.165, 1.54) is 28.0 Å². The summed E-state index contributed by atoms with van der Waals surface area (Å²) in [7, 11) is 0. The maximum Gasteiger partial charge on any atom is 0.0488 e. The van der Waals surface area contributed by atoms with E-state index in [1.54, 1.807) is 10.3 Å². The molecule has 0 saturated carbocycles. The van der Waals surface area contributed by atoms with Crippen LogP contribution in [0.4, 0.5) is 0 Å². The van der Waals surface area contributed by atoms with E-state index in [9.17, 15) is 0 Å². The lowest BCUT2D eigenvalue weighted by Crippen LogP contribution is -1.80. The zero-order valence-electron chi connectivity index (χ0n) is 8.31. The number of aryl methyl sites for hydroxylation is 3. The van der Waals surface area contributed by atoms with E-state index in [2.05, 4.69) is 26.2 Å². The van der Waals surface area contributed by atoms with Gasteiger partial charge in [-0.2, -0.15) is 0 Å². The van der Waals surface area contributed by atoms with E-state index in [0.29, 0.717) is 0 Å². The van der Waals surface area contributed by atoms with E-state index >= 15 is 0 Å². The summed E-state index contributed by atoms with van der Waals surface area (Å²) < 4.78 is 3.06. The van der Waals surface area contributed by atoms with E-state index < -0.39 is 0 Å². The highest BCUT2D eigenvalue weighted by atomic mass is 32.1. The summed E-state index contributed by atoms with van der Waals surface area (Å²) in [4.78, 5) is 1.52. The molecular weight excluding hydrogens is 196 g/mol. The van der Waals surface area contributed by atoms with Crippen LogP contribution < -0.4 is 0 Å². The van der Waals surface area contributed by atoms with Crippen LogP contribution in [0.3, 0.4) is 0 Å². The Hall–Kier alpha value is -0.340. The van der Waals surface area contributed by atoms with Crippen molar-refractivity contribution >= 4 is 32.1 Å². The predicted octanol–water partition coefficient (Wildman–Crippen LogP) is 4.53. The lowest BCUT2D eigenvalue weighted by atomic mass is 10.1. The monoisotopic (exact) mass is 210 g/mol. The molecule has 0 aliphatic carbocycles. The van der Waals surface area contributed by atoms with Crippen LogP contribution >= 0.6 is 22.7 Å². The van der Waals surface area contributed by atoms with Gasteiger partial charge in [0.15, 0.2) is 0 Å².